The maximum Gasteiger partial charge on any atom is 0.264 e. The second kappa shape index (κ2) is 10.1. The van der Waals surface area contributed by atoms with Gasteiger partial charge in [0, 0.05) is 43.7 Å². The fourth-order valence-corrected chi connectivity index (χ4v) is 5.72. The van der Waals surface area contributed by atoms with E-state index in [0.29, 0.717) is 19.6 Å². The SMILES string of the molecule is COc1ccc(OC)c(CN2CCN(C(=O)c3cc4c(C)nn(Cc5ccccc5)c4s3)CC2)c1. The number of aryl methyl sites for hydroxylation is 1. The second-order valence-electron chi connectivity index (χ2n) is 8.80. The highest BCUT2D eigenvalue weighted by atomic mass is 32.1. The van der Waals surface area contributed by atoms with E-state index in [1.54, 1.807) is 25.6 Å². The summed E-state index contributed by atoms with van der Waals surface area (Å²) in [5, 5.41) is 5.78. The molecule has 7 nitrogen and oxygen atoms in total. The van der Waals surface area contributed by atoms with Crippen molar-refractivity contribution in [1.82, 2.24) is 19.6 Å². The number of methoxy groups -OCH3 is 2. The molecule has 0 radical (unpaired) electrons. The maximum atomic E-state index is 13.3. The molecule has 0 N–H and O–H groups in total. The van der Waals surface area contributed by atoms with Crippen molar-refractivity contribution >= 4 is 27.5 Å². The van der Waals surface area contributed by atoms with E-state index in [1.807, 2.05) is 59.0 Å². The average Bonchev–Trinajstić information content (AvgIpc) is 3.45. The topological polar surface area (TPSA) is 59.8 Å². The zero-order valence-electron chi connectivity index (χ0n) is 20.4. The van der Waals surface area contributed by atoms with Gasteiger partial charge in [-0.2, -0.15) is 5.10 Å². The molecule has 0 atom stereocenters. The Morgan fingerprint density at radius 3 is 2.46 bits per heavy atom. The van der Waals surface area contributed by atoms with Crippen LogP contribution in [-0.4, -0.2) is 65.9 Å². The number of aromatic nitrogens is 2. The van der Waals surface area contributed by atoms with Gasteiger partial charge in [-0.25, -0.2) is 0 Å². The lowest BCUT2D eigenvalue weighted by molar-refractivity contribution is 0.0632. The van der Waals surface area contributed by atoms with E-state index in [2.05, 4.69) is 17.0 Å². The lowest BCUT2D eigenvalue weighted by Crippen LogP contribution is -2.48. The zero-order chi connectivity index (χ0) is 24.4. The molecule has 0 aliphatic carbocycles. The third-order valence-electron chi connectivity index (χ3n) is 6.53. The molecule has 182 valence electrons. The molecule has 4 aromatic rings. The Kier molecular flexibility index (Phi) is 6.74. The first-order chi connectivity index (χ1) is 17.1. The molecule has 3 heterocycles. The summed E-state index contributed by atoms with van der Waals surface area (Å²) in [5.74, 6) is 1.78. The lowest BCUT2D eigenvalue weighted by Gasteiger charge is -2.34. The van der Waals surface area contributed by atoms with Crippen molar-refractivity contribution in [3.63, 3.8) is 0 Å². The number of nitrogens with zero attached hydrogens (tertiary/aromatic N) is 4. The van der Waals surface area contributed by atoms with Crippen molar-refractivity contribution in [2.24, 2.45) is 0 Å². The monoisotopic (exact) mass is 490 g/mol. The number of piperazine rings is 1. The predicted molar refractivity (Wildman–Crippen MR) is 139 cm³/mol. The van der Waals surface area contributed by atoms with E-state index in [1.165, 1.54) is 5.56 Å². The first-order valence-electron chi connectivity index (χ1n) is 11.8. The van der Waals surface area contributed by atoms with Gasteiger partial charge >= 0.3 is 0 Å². The third-order valence-corrected chi connectivity index (χ3v) is 7.67. The summed E-state index contributed by atoms with van der Waals surface area (Å²) >= 11 is 1.54. The number of fused-ring (bicyclic) bond motifs is 1. The third kappa shape index (κ3) is 4.90. The van der Waals surface area contributed by atoms with Crippen molar-refractivity contribution in [3.05, 3.63) is 76.3 Å². The smallest absolute Gasteiger partial charge is 0.264 e. The van der Waals surface area contributed by atoms with Crippen LogP contribution >= 0.6 is 11.3 Å². The van der Waals surface area contributed by atoms with Crippen molar-refractivity contribution in [2.75, 3.05) is 40.4 Å². The first kappa shape index (κ1) is 23.4. The predicted octanol–water partition coefficient (Wildman–Crippen LogP) is 4.43. The van der Waals surface area contributed by atoms with Crippen LogP contribution in [0.4, 0.5) is 0 Å². The summed E-state index contributed by atoms with van der Waals surface area (Å²) in [6.07, 6.45) is 0. The Labute approximate surface area is 209 Å². The number of hydrogen-bond donors (Lipinski definition) is 0. The molecule has 2 aromatic heterocycles. The summed E-state index contributed by atoms with van der Waals surface area (Å²) in [6.45, 7) is 6.51. The molecule has 1 aliphatic heterocycles. The minimum Gasteiger partial charge on any atom is -0.497 e. The molecule has 1 aliphatic rings. The number of hydrogen-bond acceptors (Lipinski definition) is 6. The van der Waals surface area contributed by atoms with E-state index in [0.717, 1.165) is 57.5 Å². The molecular formula is C27H30N4O3S. The lowest BCUT2D eigenvalue weighted by atomic mass is 10.1. The van der Waals surface area contributed by atoms with Crippen LogP contribution in [0.2, 0.25) is 0 Å². The van der Waals surface area contributed by atoms with E-state index in [4.69, 9.17) is 14.6 Å². The van der Waals surface area contributed by atoms with E-state index in [9.17, 15) is 4.79 Å². The van der Waals surface area contributed by atoms with Crippen LogP contribution < -0.4 is 9.47 Å². The van der Waals surface area contributed by atoms with E-state index in [-0.39, 0.29) is 5.91 Å². The van der Waals surface area contributed by atoms with Gasteiger partial charge in [0.25, 0.3) is 5.91 Å². The van der Waals surface area contributed by atoms with Crippen LogP contribution in [0.15, 0.2) is 54.6 Å². The molecule has 2 aromatic carbocycles. The van der Waals surface area contributed by atoms with Crippen molar-refractivity contribution in [1.29, 1.82) is 0 Å². The normalized spacial score (nSPS) is 14.4. The molecule has 5 rings (SSSR count). The van der Waals surface area contributed by atoms with Gasteiger partial charge in [0.05, 0.1) is 31.3 Å². The fraction of sp³-hybridized carbons (Fsp3) is 0.333. The Morgan fingerprint density at radius 1 is 0.971 bits per heavy atom. The molecule has 35 heavy (non-hydrogen) atoms. The molecule has 8 heteroatoms. The molecule has 1 amide bonds. The van der Waals surface area contributed by atoms with Crippen molar-refractivity contribution in [2.45, 2.75) is 20.0 Å². The number of benzene rings is 2. The summed E-state index contributed by atoms with van der Waals surface area (Å²) in [7, 11) is 3.36. The Hall–Kier alpha value is -3.36. The van der Waals surface area contributed by atoms with Gasteiger partial charge in [-0.15, -0.1) is 11.3 Å². The van der Waals surface area contributed by atoms with Gasteiger partial charge in [-0.1, -0.05) is 30.3 Å². The quantitative estimate of drug-likeness (QED) is 0.384. The van der Waals surface area contributed by atoms with E-state index < -0.39 is 0 Å². The van der Waals surface area contributed by atoms with Gasteiger partial charge in [0.2, 0.25) is 0 Å². The van der Waals surface area contributed by atoms with Gasteiger partial charge in [-0.05, 0) is 36.8 Å². The Bertz CT molecular complexity index is 1320. The molecule has 0 bridgehead atoms. The van der Waals surface area contributed by atoms with Crippen LogP contribution in [0.5, 0.6) is 11.5 Å². The van der Waals surface area contributed by atoms with Gasteiger partial charge in [-0.3, -0.25) is 14.4 Å². The van der Waals surface area contributed by atoms with Gasteiger partial charge in [0.15, 0.2) is 0 Å². The Morgan fingerprint density at radius 2 is 1.74 bits per heavy atom. The van der Waals surface area contributed by atoms with Gasteiger partial charge in [0.1, 0.15) is 16.3 Å². The van der Waals surface area contributed by atoms with Crippen LogP contribution in [-0.2, 0) is 13.1 Å². The first-order valence-corrected chi connectivity index (χ1v) is 12.6. The molecule has 0 spiro atoms. The molecule has 0 unspecified atom stereocenters. The minimum absolute atomic E-state index is 0.107. The minimum atomic E-state index is 0.107. The summed E-state index contributed by atoms with van der Waals surface area (Å²) in [4.78, 5) is 19.5. The highest BCUT2D eigenvalue weighted by Gasteiger charge is 2.25. The summed E-state index contributed by atoms with van der Waals surface area (Å²) in [6, 6.07) is 18.2. The number of ether oxygens (including phenoxy) is 2. The van der Waals surface area contributed by atoms with Crippen LogP contribution in [0.1, 0.15) is 26.5 Å². The molecular weight excluding hydrogens is 460 g/mol. The summed E-state index contributed by atoms with van der Waals surface area (Å²) in [5.41, 5.74) is 3.25. The highest BCUT2D eigenvalue weighted by Crippen LogP contribution is 2.30. The number of rotatable bonds is 7. The Balaban J connectivity index is 1.26. The number of amides is 1. The standard InChI is InChI=1S/C27H30N4O3S/c1-19-23-16-25(35-27(23)31(28-19)17-20-7-5-4-6-8-20)26(32)30-13-11-29(12-14-30)18-21-15-22(33-2)9-10-24(21)34-3/h4-10,15-16H,11-14,17-18H2,1-3H3. The largest absolute Gasteiger partial charge is 0.497 e. The molecule has 0 saturated carbocycles. The highest BCUT2D eigenvalue weighted by molar-refractivity contribution is 7.20. The number of carbonyl (C=O) groups is 1. The second-order valence-corrected chi connectivity index (χ2v) is 9.83. The molecule has 1 saturated heterocycles. The number of carbonyl (C=O) groups excluding carboxylic acids is 1. The molecule has 1 fully saturated rings. The van der Waals surface area contributed by atoms with Crippen LogP contribution in [0.25, 0.3) is 10.2 Å². The maximum absolute atomic E-state index is 13.3. The van der Waals surface area contributed by atoms with Crippen molar-refractivity contribution < 1.29 is 14.3 Å². The van der Waals surface area contributed by atoms with Crippen LogP contribution in [0, 0.1) is 6.92 Å². The number of thiophene rings is 1. The summed E-state index contributed by atoms with van der Waals surface area (Å²) < 4.78 is 12.9. The zero-order valence-corrected chi connectivity index (χ0v) is 21.2. The van der Waals surface area contributed by atoms with Gasteiger partial charge < -0.3 is 14.4 Å². The fourth-order valence-electron chi connectivity index (χ4n) is 4.59. The average molecular weight is 491 g/mol. The van der Waals surface area contributed by atoms with Crippen molar-refractivity contribution in [3.8, 4) is 11.5 Å². The van der Waals surface area contributed by atoms with Crippen LogP contribution in [0.3, 0.4) is 0 Å². The van der Waals surface area contributed by atoms with E-state index >= 15 is 0 Å².